The second-order valence-electron chi connectivity index (χ2n) is 5.41. The highest BCUT2D eigenvalue weighted by molar-refractivity contribution is 5.79. The molecule has 1 fully saturated rings. The van der Waals surface area contributed by atoms with Gasteiger partial charge in [-0.2, -0.15) is 0 Å². The molecular weight excluding hydrogens is 280 g/mol. The number of carbonyl (C=O) groups excluding carboxylic acids is 1. The predicted octanol–water partition coefficient (Wildman–Crippen LogP) is 1.26. The van der Waals surface area contributed by atoms with Crippen LogP contribution in [0.2, 0.25) is 0 Å². The zero-order valence-corrected chi connectivity index (χ0v) is 12.7. The summed E-state index contributed by atoms with van der Waals surface area (Å²) >= 11 is 0. The van der Waals surface area contributed by atoms with Crippen LogP contribution in [0.5, 0.6) is 5.75 Å². The lowest BCUT2D eigenvalue weighted by atomic mass is 10.2. The van der Waals surface area contributed by atoms with E-state index in [1.54, 1.807) is 19.5 Å². The van der Waals surface area contributed by atoms with E-state index in [9.17, 15) is 4.79 Å². The van der Waals surface area contributed by atoms with E-state index in [1.165, 1.54) is 0 Å². The molecule has 0 aliphatic carbocycles. The fourth-order valence-electron chi connectivity index (χ4n) is 2.65. The Balaban J connectivity index is 1.57. The molecular formula is C16H20N4O2. The minimum atomic E-state index is 0.153. The van der Waals surface area contributed by atoms with Gasteiger partial charge in [0.2, 0.25) is 5.91 Å². The molecule has 22 heavy (non-hydrogen) atoms. The first-order chi connectivity index (χ1) is 10.7. The number of carbonyl (C=O) groups is 1. The lowest BCUT2D eigenvalue weighted by molar-refractivity contribution is -0.136. The molecule has 0 saturated carbocycles. The predicted molar refractivity (Wildman–Crippen MR) is 82.3 cm³/mol. The summed E-state index contributed by atoms with van der Waals surface area (Å²) in [6, 6.07) is 7.85. The van der Waals surface area contributed by atoms with Gasteiger partial charge >= 0.3 is 0 Å². The molecule has 1 aromatic heterocycles. The summed E-state index contributed by atoms with van der Waals surface area (Å²) in [5.74, 6) is 1.87. The number of imidazole rings is 1. The smallest absolute Gasteiger partial charge is 0.237 e. The van der Waals surface area contributed by atoms with E-state index in [4.69, 9.17) is 4.74 Å². The van der Waals surface area contributed by atoms with Gasteiger partial charge in [-0.1, -0.05) is 12.1 Å². The molecule has 0 atom stereocenters. The third-order valence-corrected chi connectivity index (χ3v) is 3.83. The van der Waals surface area contributed by atoms with Gasteiger partial charge in [0.15, 0.2) is 0 Å². The standard InChI is InChI=1S/C16H20N4O2/c1-22-14-4-2-3-13(9-14)10-20-8-7-19(12-16(20)21)11-15-17-5-6-18-15/h2-6,9H,7-8,10-12H2,1H3,(H,17,18). The number of rotatable bonds is 5. The fourth-order valence-corrected chi connectivity index (χ4v) is 2.65. The number of aromatic amines is 1. The lowest BCUT2D eigenvalue weighted by Crippen LogP contribution is -2.49. The molecule has 0 unspecified atom stereocenters. The van der Waals surface area contributed by atoms with Crippen LogP contribution in [-0.4, -0.2) is 52.4 Å². The number of ether oxygens (including phenoxy) is 1. The summed E-state index contributed by atoms with van der Waals surface area (Å²) in [6.45, 7) is 3.34. The molecule has 3 rings (SSSR count). The summed E-state index contributed by atoms with van der Waals surface area (Å²) in [7, 11) is 1.65. The van der Waals surface area contributed by atoms with Gasteiger partial charge in [-0.25, -0.2) is 4.98 Å². The lowest BCUT2D eigenvalue weighted by Gasteiger charge is -2.34. The summed E-state index contributed by atoms with van der Waals surface area (Å²) in [5.41, 5.74) is 1.09. The molecule has 2 aromatic rings. The third kappa shape index (κ3) is 3.46. The molecule has 1 aliphatic rings. The van der Waals surface area contributed by atoms with Crippen LogP contribution in [-0.2, 0) is 17.9 Å². The van der Waals surface area contributed by atoms with Gasteiger partial charge in [-0.3, -0.25) is 9.69 Å². The van der Waals surface area contributed by atoms with Crippen LogP contribution < -0.4 is 4.74 Å². The fraction of sp³-hybridized carbons (Fsp3) is 0.375. The second-order valence-corrected chi connectivity index (χ2v) is 5.41. The van der Waals surface area contributed by atoms with Crippen LogP contribution in [0.4, 0.5) is 0 Å². The number of benzene rings is 1. The molecule has 2 heterocycles. The Labute approximate surface area is 129 Å². The first-order valence-corrected chi connectivity index (χ1v) is 7.36. The molecule has 1 saturated heterocycles. The molecule has 6 nitrogen and oxygen atoms in total. The van der Waals surface area contributed by atoms with Crippen molar-refractivity contribution in [3.63, 3.8) is 0 Å². The summed E-state index contributed by atoms with van der Waals surface area (Å²) in [6.07, 6.45) is 3.53. The average molecular weight is 300 g/mol. The molecule has 0 bridgehead atoms. The first-order valence-electron chi connectivity index (χ1n) is 7.36. The Hall–Kier alpha value is -2.34. The van der Waals surface area contributed by atoms with Gasteiger partial charge in [0.1, 0.15) is 11.6 Å². The van der Waals surface area contributed by atoms with Crippen molar-refractivity contribution in [3.8, 4) is 5.75 Å². The van der Waals surface area contributed by atoms with Crippen LogP contribution in [0.25, 0.3) is 0 Å². The van der Waals surface area contributed by atoms with Crippen LogP contribution in [0.15, 0.2) is 36.7 Å². The average Bonchev–Trinajstić information content (AvgIpc) is 3.03. The number of methoxy groups -OCH3 is 1. The Morgan fingerprint density at radius 1 is 1.32 bits per heavy atom. The Kier molecular flexibility index (Phi) is 4.39. The van der Waals surface area contributed by atoms with Gasteiger partial charge in [0.25, 0.3) is 0 Å². The molecule has 1 N–H and O–H groups in total. The van der Waals surface area contributed by atoms with Crippen molar-refractivity contribution < 1.29 is 9.53 Å². The Bertz CT molecular complexity index is 627. The monoisotopic (exact) mass is 300 g/mol. The van der Waals surface area contributed by atoms with Crippen molar-refractivity contribution in [2.24, 2.45) is 0 Å². The Morgan fingerprint density at radius 2 is 2.23 bits per heavy atom. The molecule has 1 amide bonds. The summed E-state index contributed by atoms with van der Waals surface area (Å²) in [4.78, 5) is 23.6. The van der Waals surface area contributed by atoms with Gasteiger partial charge in [-0.05, 0) is 17.7 Å². The zero-order chi connectivity index (χ0) is 15.4. The topological polar surface area (TPSA) is 61.5 Å². The van der Waals surface area contributed by atoms with E-state index in [0.717, 1.165) is 30.2 Å². The maximum atomic E-state index is 12.3. The van der Waals surface area contributed by atoms with Crippen LogP contribution >= 0.6 is 0 Å². The van der Waals surface area contributed by atoms with Crippen molar-refractivity contribution in [2.75, 3.05) is 26.7 Å². The van der Waals surface area contributed by atoms with Crippen molar-refractivity contribution in [3.05, 3.63) is 48.0 Å². The van der Waals surface area contributed by atoms with Crippen LogP contribution in [0.1, 0.15) is 11.4 Å². The number of hydrogen-bond acceptors (Lipinski definition) is 4. The minimum absolute atomic E-state index is 0.153. The van der Waals surface area contributed by atoms with Crippen LogP contribution in [0.3, 0.4) is 0 Å². The van der Waals surface area contributed by atoms with E-state index in [1.807, 2.05) is 29.2 Å². The molecule has 1 aromatic carbocycles. The molecule has 0 radical (unpaired) electrons. The summed E-state index contributed by atoms with van der Waals surface area (Å²) in [5, 5.41) is 0. The number of nitrogens with zero attached hydrogens (tertiary/aromatic N) is 3. The van der Waals surface area contributed by atoms with E-state index in [0.29, 0.717) is 19.6 Å². The largest absolute Gasteiger partial charge is 0.497 e. The van der Waals surface area contributed by atoms with E-state index in [-0.39, 0.29) is 5.91 Å². The number of amides is 1. The first kappa shape index (κ1) is 14.6. The number of aromatic nitrogens is 2. The highest BCUT2D eigenvalue weighted by Gasteiger charge is 2.24. The maximum Gasteiger partial charge on any atom is 0.237 e. The second kappa shape index (κ2) is 6.62. The quantitative estimate of drug-likeness (QED) is 0.903. The molecule has 1 aliphatic heterocycles. The van der Waals surface area contributed by atoms with Crippen molar-refractivity contribution in [1.82, 2.24) is 19.8 Å². The third-order valence-electron chi connectivity index (χ3n) is 3.83. The zero-order valence-electron chi connectivity index (χ0n) is 12.7. The highest BCUT2D eigenvalue weighted by Crippen LogP contribution is 2.16. The summed E-state index contributed by atoms with van der Waals surface area (Å²) < 4.78 is 5.22. The van der Waals surface area contributed by atoms with Gasteiger partial charge < -0.3 is 14.6 Å². The number of H-pyrrole nitrogens is 1. The van der Waals surface area contributed by atoms with Crippen molar-refractivity contribution >= 4 is 5.91 Å². The normalized spacial score (nSPS) is 16.0. The van der Waals surface area contributed by atoms with E-state index in [2.05, 4.69) is 14.9 Å². The highest BCUT2D eigenvalue weighted by atomic mass is 16.5. The minimum Gasteiger partial charge on any atom is -0.497 e. The van der Waals surface area contributed by atoms with Crippen molar-refractivity contribution in [2.45, 2.75) is 13.1 Å². The number of piperazine rings is 1. The molecule has 6 heteroatoms. The molecule has 0 spiro atoms. The SMILES string of the molecule is COc1cccc(CN2CCN(Cc3ncc[nH]3)CC2=O)c1. The van der Waals surface area contributed by atoms with Gasteiger partial charge in [0, 0.05) is 32.0 Å². The van der Waals surface area contributed by atoms with Gasteiger partial charge in [-0.15, -0.1) is 0 Å². The van der Waals surface area contributed by atoms with Crippen molar-refractivity contribution in [1.29, 1.82) is 0 Å². The van der Waals surface area contributed by atoms with E-state index >= 15 is 0 Å². The van der Waals surface area contributed by atoms with Crippen LogP contribution in [0, 0.1) is 0 Å². The Morgan fingerprint density at radius 3 is 2.95 bits per heavy atom. The van der Waals surface area contributed by atoms with E-state index < -0.39 is 0 Å². The maximum absolute atomic E-state index is 12.3. The van der Waals surface area contributed by atoms with Gasteiger partial charge in [0.05, 0.1) is 20.2 Å². The molecule has 116 valence electrons. The number of nitrogens with one attached hydrogen (secondary N) is 1. The number of hydrogen-bond donors (Lipinski definition) is 1.